The number of rotatable bonds is 3. The second kappa shape index (κ2) is 5.70. The molecule has 0 spiro atoms. The lowest BCUT2D eigenvalue weighted by Crippen LogP contribution is -2.19. The fourth-order valence-corrected chi connectivity index (χ4v) is 3.36. The number of aromatic carboxylic acids is 1. The van der Waals surface area contributed by atoms with Gasteiger partial charge in [-0.3, -0.25) is 0 Å². The van der Waals surface area contributed by atoms with Crippen molar-refractivity contribution in [3.05, 3.63) is 62.6 Å². The number of halogens is 2. The summed E-state index contributed by atoms with van der Waals surface area (Å²) in [7, 11) is 0. The van der Waals surface area contributed by atoms with Crippen LogP contribution in [0.25, 0.3) is 0 Å². The van der Waals surface area contributed by atoms with E-state index in [1.807, 2.05) is 24.3 Å². The number of fused-ring (bicyclic) bond motifs is 1. The number of hydrogen-bond donors (Lipinski definition) is 1. The van der Waals surface area contributed by atoms with Crippen LogP contribution in [0.3, 0.4) is 0 Å². The summed E-state index contributed by atoms with van der Waals surface area (Å²) in [6, 6.07) is 11.2. The van der Waals surface area contributed by atoms with Crippen molar-refractivity contribution < 1.29 is 9.90 Å². The minimum Gasteiger partial charge on any atom is -0.478 e. The Morgan fingerprint density at radius 2 is 2.10 bits per heavy atom. The highest BCUT2D eigenvalue weighted by atomic mass is 79.9. The first-order valence-electron chi connectivity index (χ1n) is 6.59. The van der Waals surface area contributed by atoms with Crippen LogP contribution in [0.15, 0.2) is 40.9 Å². The summed E-state index contributed by atoms with van der Waals surface area (Å²) in [5.74, 6) is -0.882. The SMILES string of the molecule is O=C(O)c1ccc2c(c1)CCN2Cc1ccc(Br)cc1Cl. The molecule has 108 valence electrons. The maximum atomic E-state index is 11.0. The zero-order valence-electron chi connectivity index (χ0n) is 11.1. The molecule has 0 saturated heterocycles. The molecule has 1 N–H and O–H groups in total. The van der Waals surface area contributed by atoms with Crippen LogP contribution in [0.2, 0.25) is 5.02 Å². The molecule has 0 atom stereocenters. The molecule has 0 aromatic heterocycles. The van der Waals surface area contributed by atoms with Crippen LogP contribution in [0, 0.1) is 0 Å². The molecule has 2 aromatic carbocycles. The Hall–Kier alpha value is -1.52. The fraction of sp³-hybridized carbons (Fsp3) is 0.188. The summed E-state index contributed by atoms with van der Waals surface area (Å²) in [6.07, 6.45) is 0.866. The van der Waals surface area contributed by atoms with Crippen LogP contribution >= 0.6 is 27.5 Å². The van der Waals surface area contributed by atoms with Gasteiger partial charge in [0.2, 0.25) is 0 Å². The first-order chi connectivity index (χ1) is 10.0. The highest BCUT2D eigenvalue weighted by Crippen LogP contribution is 2.32. The smallest absolute Gasteiger partial charge is 0.335 e. The van der Waals surface area contributed by atoms with Crippen LogP contribution in [0.4, 0.5) is 5.69 Å². The van der Waals surface area contributed by atoms with Gasteiger partial charge >= 0.3 is 5.97 Å². The molecule has 0 aliphatic carbocycles. The first-order valence-corrected chi connectivity index (χ1v) is 7.77. The number of anilines is 1. The van der Waals surface area contributed by atoms with Gasteiger partial charge in [-0.1, -0.05) is 33.6 Å². The van der Waals surface area contributed by atoms with E-state index in [-0.39, 0.29) is 0 Å². The van der Waals surface area contributed by atoms with Gasteiger partial charge in [0.05, 0.1) is 5.56 Å². The van der Waals surface area contributed by atoms with Crippen molar-refractivity contribution in [2.24, 2.45) is 0 Å². The topological polar surface area (TPSA) is 40.5 Å². The minimum atomic E-state index is -0.882. The lowest BCUT2D eigenvalue weighted by atomic mass is 10.1. The average Bonchev–Trinajstić information content (AvgIpc) is 2.84. The summed E-state index contributed by atoms with van der Waals surface area (Å²) < 4.78 is 0.962. The van der Waals surface area contributed by atoms with Gasteiger partial charge in [0.1, 0.15) is 0 Å². The van der Waals surface area contributed by atoms with Gasteiger partial charge in [-0.05, 0) is 47.9 Å². The Balaban J connectivity index is 1.86. The number of carboxylic acid groups (broad SMARTS) is 1. The molecule has 0 fully saturated rings. The molecule has 2 aromatic rings. The third kappa shape index (κ3) is 2.92. The van der Waals surface area contributed by atoms with Gasteiger partial charge in [0, 0.05) is 28.3 Å². The summed E-state index contributed by atoms with van der Waals surface area (Å²) in [5, 5.41) is 9.78. The van der Waals surface area contributed by atoms with E-state index in [4.69, 9.17) is 16.7 Å². The zero-order chi connectivity index (χ0) is 15.0. The van der Waals surface area contributed by atoms with Crippen LogP contribution in [0.1, 0.15) is 21.5 Å². The summed E-state index contributed by atoms with van der Waals surface area (Å²) in [6.45, 7) is 1.61. The van der Waals surface area contributed by atoms with Gasteiger partial charge in [-0.15, -0.1) is 0 Å². The summed E-state index contributed by atoms with van der Waals surface area (Å²) in [4.78, 5) is 13.2. The molecule has 3 rings (SSSR count). The lowest BCUT2D eigenvalue weighted by molar-refractivity contribution is 0.0697. The van der Waals surface area contributed by atoms with Crippen molar-refractivity contribution in [1.29, 1.82) is 0 Å². The molecule has 1 heterocycles. The molecular formula is C16H13BrClNO2. The Labute approximate surface area is 136 Å². The van der Waals surface area contributed by atoms with Crippen LogP contribution in [-0.4, -0.2) is 17.6 Å². The summed E-state index contributed by atoms with van der Waals surface area (Å²) in [5.41, 5.74) is 3.59. The zero-order valence-corrected chi connectivity index (χ0v) is 13.5. The average molecular weight is 367 g/mol. The van der Waals surface area contributed by atoms with Crippen molar-refractivity contribution in [2.45, 2.75) is 13.0 Å². The largest absolute Gasteiger partial charge is 0.478 e. The van der Waals surface area contributed by atoms with Gasteiger partial charge in [0.15, 0.2) is 0 Å². The van der Waals surface area contributed by atoms with Gasteiger partial charge in [-0.25, -0.2) is 4.79 Å². The second-order valence-corrected chi connectivity index (χ2v) is 6.38. The van der Waals surface area contributed by atoms with Crippen molar-refractivity contribution in [2.75, 3.05) is 11.4 Å². The number of benzene rings is 2. The molecule has 3 nitrogen and oxygen atoms in total. The molecule has 1 aliphatic rings. The normalized spacial score (nSPS) is 13.3. The van der Waals surface area contributed by atoms with E-state index in [0.29, 0.717) is 5.56 Å². The van der Waals surface area contributed by atoms with Crippen molar-refractivity contribution in [3.8, 4) is 0 Å². The molecule has 5 heteroatoms. The molecule has 0 bridgehead atoms. The molecule has 0 saturated carbocycles. The van der Waals surface area contributed by atoms with E-state index < -0.39 is 5.97 Å². The van der Waals surface area contributed by atoms with E-state index in [9.17, 15) is 4.79 Å². The van der Waals surface area contributed by atoms with E-state index in [0.717, 1.165) is 45.8 Å². The number of hydrogen-bond acceptors (Lipinski definition) is 2. The van der Waals surface area contributed by atoms with Crippen molar-refractivity contribution in [1.82, 2.24) is 0 Å². The lowest BCUT2D eigenvalue weighted by Gasteiger charge is -2.20. The van der Waals surface area contributed by atoms with E-state index in [1.165, 1.54) is 0 Å². The van der Waals surface area contributed by atoms with Gasteiger partial charge in [0.25, 0.3) is 0 Å². The standard InChI is InChI=1S/C16H13BrClNO2/c17-13-3-1-12(14(18)8-13)9-19-6-5-10-7-11(16(20)21)2-4-15(10)19/h1-4,7-8H,5-6,9H2,(H,20,21). The Bertz CT molecular complexity index is 717. The van der Waals surface area contributed by atoms with Crippen LogP contribution in [-0.2, 0) is 13.0 Å². The number of nitrogens with zero attached hydrogens (tertiary/aromatic N) is 1. The highest BCUT2D eigenvalue weighted by Gasteiger charge is 2.21. The second-order valence-electron chi connectivity index (χ2n) is 5.06. The Morgan fingerprint density at radius 1 is 1.29 bits per heavy atom. The molecule has 0 unspecified atom stereocenters. The first kappa shape index (κ1) is 14.4. The van der Waals surface area contributed by atoms with E-state index in [2.05, 4.69) is 20.8 Å². The van der Waals surface area contributed by atoms with E-state index >= 15 is 0 Å². The van der Waals surface area contributed by atoms with Crippen molar-refractivity contribution in [3.63, 3.8) is 0 Å². The van der Waals surface area contributed by atoms with E-state index in [1.54, 1.807) is 12.1 Å². The number of carboxylic acids is 1. The molecule has 0 amide bonds. The molecular weight excluding hydrogens is 354 g/mol. The molecule has 21 heavy (non-hydrogen) atoms. The molecule has 0 radical (unpaired) electrons. The van der Waals surface area contributed by atoms with Gasteiger partial charge in [-0.2, -0.15) is 0 Å². The minimum absolute atomic E-state index is 0.345. The maximum absolute atomic E-state index is 11.0. The fourth-order valence-electron chi connectivity index (χ4n) is 2.62. The summed E-state index contributed by atoms with van der Waals surface area (Å²) >= 11 is 9.67. The monoisotopic (exact) mass is 365 g/mol. The molecule has 1 aliphatic heterocycles. The Kier molecular flexibility index (Phi) is 3.91. The van der Waals surface area contributed by atoms with Crippen molar-refractivity contribution >= 4 is 39.2 Å². The predicted molar refractivity (Wildman–Crippen MR) is 87.3 cm³/mol. The predicted octanol–water partition coefficient (Wildman–Crippen LogP) is 4.36. The third-order valence-corrected chi connectivity index (χ3v) is 4.54. The highest BCUT2D eigenvalue weighted by molar-refractivity contribution is 9.10. The Morgan fingerprint density at radius 3 is 2.81 bits per heavy atom. The third-order valence-electron chi connectivity index (χ3n) is 3.69. The quantitative estimate of drug-likeness (QED) is 0.877. The number of carbonyl (C=O) groups is 1. The van der Waals surface area contributed by atoms with Crippen LogP contribution < -0.4 is 4.90 Å². The van der Waals surface area contributed by atoms with Crippen LogP contribution in [0.5, 0.6) is 0 Å². The van der Waals surface area contributed by atoms with Gasteiger partial charge < -0.3 is 10.0 Å². The maximum Gasteiger partial charge on any atom is 0.335 e.